The van der Waals surface area contributed by atoms with Crippen LogP contribution in [0.25, 0.3) is 0 Å². The van der Waals surface area contributed by atoms with Crippen molar-refractivity contribution in [3.8, 4) is 5.75 Å². The smallest absolute Gasteiger partial charge is 0.145 e. The lowest BCUT2D eigenvalue weighted by molar-refractivity contribution is 0.270. The lowest BCUT2D eigenvalue weighted by Crippen LogP contribution is -2.15. The maximum atomic E-state index is 5.70. The second-order valence-electron chi connectivity index (χ2n) is 4.89. The van der Waals surface area contributed by atoms with Crippen LogP contribution in [-0.4, -0.2) is 16.4 Å². The molecule has 1 saturated carbocycles. The third kappa shape index (κ3) is 3.32. The van der Waals surface area contributed by atoms with Gasteiger partial charge in [0.1, 0.15) is 23.7 Å². The lowest BCUT2D eigenvalue weighted by atomic mass is 10.2. The van der Waals surface area contributed by atoms with Crippen LogP contribution >= 0.6 is 0 Å². The van der Waals surface area contributed by atoms with Gasteiger partial charge in [0, 0.05) is 12.6 Å². The molecule has 0 amide bonds. The van der Waals surface area contributed by atoms with E-state index in [0.717, 1.165) is 23.7 Å². The summed E-state index contributed by atoms with van der Waals surface area (Å²) in [7, 11) is 0. The van der Waals surface area contributed by atoms with E-state index in [0.29, 0.717) is 12.6 Å². The van der Waals surface area contributed by atoms with Gasteiger partial charge >= 0.3 is 0 Å². The summed E-state index contributed by atoms with van der Waals surface area (Å²) in [5.74, 6) is 0.845. The fraction of sp³-hybridized carbons (Fsp3) is 0.429. The largest absolute Gasteiger partial charge is 0.487 e. The predicted octanol–water partition coefficient (Wildman–Crippen LogP) is 2.21. The Hall–Kier alpha value is -1.88. The number of benzene rings is 1. The number of hydrogen-bond acceptors (Lipinski definition) is 5. The van der Waals surface area contributed by atoms with E-state index in [1.165, 1.54) is 18.4 Å². The Morgan fingerprint density at radius 2 is 2.26 bits per heavy atom. The molecule has 1 aliphatic carbocycles. The summed E-state index contributed by atoms with van der Waals surface area (Å²) in [6.45, 7) is 3.13. The molecule has 0 atom stereocenters. The minimum absolute atomic E-state index is 0.384. The van der Waals surface area contributed by atoms with Crippen molar-refractivity contribution >= 4 is 0 Å². The van der Waals surface area contributed by atoms with Crippen molar-refractivity contribution in [1.29, 1.82) is 0 Å². The normalized spacial score (nSPS) is 14.6. The zero-order valence-electron chi connectivity index (χ0n) is 10.9. The SMILES string of the molecule is Cc1nonc1COc1cccc(CNC2CC2)c1. The maximum absolute atomic E-state index is 5.70. The van der Waals surface area contributed by atoms with E-state index in [9.17, 15) is 0 Å². The van der Waals surface area contributed by atoms with Crippen LogP contribution in [0.4, 0.5) is 0 Å². The average molecular weight is 259 g/mol. The number of rotatable bonds is 6. The monoisotopic (exact) mass is 259 g/mol. The van der Waals surface area contributed by atoms with Gasteiger partial charge in [-0.25, -0.2) is 4.63 Å². The number of aromatic nitrogens is 2. The number of nitrogens with one attached hydrogen (secondary N) is 1. The van der Waals surface area contributed by atoms with E-state index >= 15 is 0 Å². The highest BCUT2D eigenvalue weighted by molar-refractivity contribution is 5.28. The Bertz CT molecular complexity index is 549. The molecule has 0 bridgehead atoms. The van der Waals surface area contributed by atoms with Crippen molar-refractivity contribution < 1.29 is 9.37 Å². The van der Waals surface area contributed by atoms with E-state index in [1.807, 2.05) is 19.1 Å². The summed E-state index contributed by atoms with van der Waals surface area (Å²) in [5, 5.41) is 11.0. The van der Waals surface area contributed by atoms with Gasteiger partial charge in [-0.3, -0.25) is 0 Å². The second-order valence-corrected chi connectivity index (χ2v) is 4.89. The standard InChI is InChI=1S/C14H17N3O2/c1-10-14(17-19-16-10)9-18-13-4-2-3-11(7-13)8-15-12-5-6-12/h2-4,7,12,15H,5-6,8-9H2,1H3. The van der Waals surface area contributed by atoms with Gasteiger partial charge in [-0.1, -0.05) is 22.4 Å². The first-order valence-electron chi connectivity index (χ1n) is 6.54. The Morgan fingerprint density at radius 1 is 1.37 bits per heavy atom. The molecule has 1 aromatic carbocycles. The van der Waals surface area contributed by atoms with Crippen molar-refractivity contribution in [3.63, 3.8) is 0 Å². The van der Waals surface area contributed by atoms with Crippen molar-refractivity contribution in [2.24, 2.45) is 0 Å². The van der Waals surface area contributed by atoms with Gasteiger partial charge in [-0.15, -0.1) is 0 Å². The predicted molar refractivity (Wildman–Crippen MR) is 69.7 cm³/mol. The number of aryl methyl sites for hydroxylation is 1. The van der Waals surface area contributed by atoms with E-state index in [2.05, 4.69) is 32.4 Å². The summed E-state index contributed by atoms with van der Waals surface area (Å²) >= 11 is 0. The molecular weight excluding hydrogens is 242 g/mol. The number of nitrogens with zero attached hydrogens (tertiary/aromatic N) is 2. The first kappa shape index (κ1) is 12.2. The fourth-order valence-electron chi connectivity index (χ4n) is 1.83. The van der Waals surface area contributed by atoms with Crippen molar-refractivity contribution in [2.45, 2.75) is 39.0 Å². The van der Waals surface area contributed by atoms with Crippen LogP contribution in [0, 0.1) is 6.92 Å². The quantitative estimate of drug-likeness (QED) is 0.861. The Morgan fingerprint density at radius 3 is 3.00 bits per heavy atom. The van der Waals surface area contributed by atoms with E-state index in [-0.39, 0.29) is 0 Å². The Labute approximate surface area is 111 Å². The zero-order valence-corrected chi connectivity index (χ0v) is 10.9. The third-order valence-electron chi connectivity index (χ3n) is 3.19. The van der Waals surface area contributed by atoms with Crippen molar-refractivity contribution in [3.05, 3.63) is 41.2 Å². The summed E-state index contributed by atoms with van der Waals surface area (Å²) < 4.78 is 10.3. The Kier molecular flexibility index (Phi) is 3.46. The van der Waals surface area contributed by atoms with Crippen LogP contribution in [0.2, 0.25) is 0 Å². The molecule has 0 aliphatic heterocycles. The molecule has 0 spiro atoms. The summed E-state index contributed by atoms with van der Waals surface area (Å²) in [5.41, 5.74) is 2.74. The molecule has 1 heterocycles. The van der Waals surface area contributed by atoms with Crippen molar-refractivity contribution in [1.82, 2.24) is 15.6 Å². The number of ether oxygens (including phenoxy) is 1. The molecule has 1 N–H and O–H groups in total. The molecule has 2 aromatic rings. The topological polar surface area (TPSA) is 60.2 Å². The molecule has 3 rings (SSSR count). The van der Waals surface area contributed by atoms with Gasteiger partial charge in [0.15, 0.2) is 0 Å². The summed E-state index contributed by atoms with van der Waals surface area (Å²) in [4.78, 5) is 0. The highest BCUT2D eigenvalue weighted by atomic mass is 16.6. The lowest BCUT2D eigenvalue weighted by Gasteiger charge is -2.07. The molecule has 5 heteroatoms. The fourth-order valence-corrected chi connectivity index (χ4v) is 1.83. The van der Waals surface area contributed by atoms with E-state index in [4.69, 9.17) is 4.74 Å². The van der Waals surface area contributed by atoms with Gasteiger partial charge in [-0.2, -0.15) is 0 Å². The number of hydrogen-bond donors (Lipinski definition) is 1. The first-order valence-corrected chi connectivity index (χ1v) is 6.54. The molecule has 1 aromatic heterocycles. The third-order valence-corrected chi connectivity index (χ3v) is 3.19. The van der Waals surface area contributed by atoms with Gasteiger partial charge < -0.3 is 10.1 Å². The van der Waals surface area contributed by atoms with Crippen LogP contribution < -0.4 is 10.1 Å². The summed E-state index contributed by atoms with van der Waals surface area (Å²) in [6.07, 6.45) is 2.60. The average Bonchev–Trinajstić information content (AvgIpc) is 3.17. The Balaban J connectivity index is 1.57. The van der Waals surface area contributed by atoms with Crippen LogP contribution in [0.1, 0.15) is 29.8 Å². The van der Waals surface area contributed by atoms with E-state index in [1.54, 1.807) is 0 Å². The summed E-state index contributed by atoms with van der Waals surface area (Å²) in [6, 6.07) is 8.83. The molecule has 0 unspecified atom stereocenters. The molecular formula is C14H17N3O2. The highest BCUT2D eigenvalue weighted by Crippen LogP contribution is 2.20. The van der Waals surface area contributed by atoms with Gasteiger partial charge in [-0.05, 0) is 37.5 Å². The molecule has 5 nitrogen and oxygen atoms in total. The minimum atomic E-state index is 0.384. The van der Waals surface area contributed by atoms with Crippen LogP contribution in [-0.2, 0) is 13.2 Å². The van der Waals surface area contributed by atoms with Gasteiger partial charge in [0.2, 0.25) is 0 Å². The van der Waals surface area contributed by atoms with Crippen molar-refractivity contribution in [2.75, 3.05) is 0 Å². The molecule has 0 saturated heterocycles. The van der Waals surface area contributed by atoms with Gasteiger partial charge in [0.05, 0.1) is 0 Å². The zero-order chi connectivity index (χ0) is 13.1. The molecule has 100 valence electrons. The second kappa shape index (κ2) is 5.40. The van der Waals surface area contributed by atoms with Gasteiger partial charge in [0.25, 0.3) is 0 Å². The van der Waals surface area contributed by atoms with Crippen LogP contribution in [0.3, 0.4) is 0 Å². The minimum Gasteiger partial charge on any atom is -0.487 e. The molecule has 1 aliphatic rings. The molecule has 0 radical (unpaired) electrons. The molecule has 1 fully saturated rings. The van der Waals surface area contributed by atoms with E-state index < -0.39 is 0 Å². The molecule has 19 heavy (non-hydrogen) atoms. The van der Waals surface area contributed by atoms with Crippen LogP contribution in [0.5, 0.6) is 5.75 Å². The first-order chi connectivity index (χ1) is 9.31. The highest BCUT2D eigenvalue weighted by Gasteiger charge is 2.19. The maximum Gasteiger partial charge on any atom is 0.145 e. The van der Waals surface area contributed by atoms with Crippen LogP contribution in [0.15, 0.2) is 28.9 Å².